The van der Waals surface area contributed by atoms with Gasteiger partial charge in [-0.3, -0.25) is 0 Å². The maximum atomic E-state index is 10.2. The summed E-state index contributed by atoms with van der Waals surface area (Å²) >= 11 is 0. The highest BCUT2D eigenvalue weighted by molar-refractivity contribution is 5.80. The summed E-state index contributed by atoms with van der Waals surface area (Å²) in [5.74, 6) is 1.99. The molecule has 2 aliphatic heterocycles. The summed E-state index contributed by atoms with van der Waals surface area (Å²) in [6, 6.07) is 10.9. The van der Waals surface area contributed by atoms with Gasteiger partial charge in [0.1, 0.15) is 0 Å². The van der Waals surface area contributed by atoms with Crippen LogP contribution in [0.25, 0.3) is 6.08 Å². The van der Waals surface area contributed by atoms with Crippen molar-refractivity contribution in [1.29, 1.82) is 0 Å². The Bertz CT molecular complexity index is 859. The average Bonchev–Trinajstić information content (AvgIpc) is 3.27. The number of benzene rings is 2. The second kappa shape index (κ2) is 7.98. The van der Waals surface area contributed by atoms with Crippen LogP contribution in [0.15, 0.2) is 54.6 Å². The standard InChI is InChI=1S/C12H10O4.C7H7NO2/c13-12(14)4-2-1-3-9-5-6-10-11(7-9)16-8-15-10;8-5-1-2-6-7(3-5)10-4-9-6/h1-7H,8H2,(H,13,14);1-3H,4,8H2. The molecule has 0 fully saturated rings. The van der Waals surface area contributed by atoms with E-state index in [1.807, 2.05) is 18.2 Å². The molecule has 0 radical (unpaired) electrons. The molecule has 0 amide bonds. The van der Waals surface area contributed by atoms with E-state index in [0.717, 1.165) is 28.9 Å². The summed E-state index contributed by atoms with van der Waals surface area (Å²) in [5, 5.41) is 8.38. The molecule has 0 aliphatic carbocycles. The van der Waals surface area contributed by atoms with Crippen LogP contribution in [0.5, 0.6) is 23.0 Å². The summed E-state index contributed by atoms with van der Waals surface area (Å²) in [4.78, 5) is 10.2. The van der Waals surface area contributed by atoms with Crippen molar-refractivity contribution in [1.82, 2.24) is 0 Å². The van der Waals surface area contributed by atoms with E-state index in [9.17, 15) is 4.79 Å². The minimum atomic E-state index is -0.963. The molecule has 134 valence electrons. The summed E-state index contributed by atoms with van der Waals surface area (Å²) in [6.07, 6.45) is 5.99. The maximum absolute atomic E-state index is 10.2. The number of aliphatic carboxylic acids is 1. The van der Waals surface area contributed by atoms with Crippen molar-refractivity contribution >= 4 is 17.7 Å². The van der Waals surface area contributed by atoms with E-state index >= 15 is 0 Å². The third-order valence-corrected chi connectivity index (χ3v) is 3.43. The van der Waals surface area contributed by atoms with E-state index in [0.29, 0.717) is 18.2 Å². The lowest BCUT2D eigenvalue weighted by molar-refractivity contribution is -0.131. The number of nitrogens with two attached hydrogens (primary N) is 1. The number of fused-ring (bicyclic) bond motifs is 2. The van der Waals surface area contributed by atoms with Gasteiger partial charge < -0.3 is 29.8 Å². The van der Waals surface area contributed by atoms with Crippen LogP contribution in [0.4, 0.5) is 5.69 Å². The first-order valence-corrected chi connectivity index (χ1v) is 7.74. The lowest BCUT2D eigenvalue weighted by Crippen LogP contribution is -1.92. The number of hydrogen-bond acceptors (Lipinski definition) is 6. The molecule has 2 heterocycles. The van der Waals surface area contributed by atoms with E-state index < -0.39 is 5.97 Å². The Morgan fingerprint density at radius 1 is 0.885 bits per heavy atom. The summed E-state index contributed by atoms with van der Waals surface area (Å²) < 4.78 is 20.5. The van der Waals surface area contributed by atoms with Gasteiger partial charge in [0, 0.05) is 17.8 Å². The number of nitrogen functional groups attached to an aromatic ring is 1. The molecule has 3 N–H and O–H groups in total. The van der Waals surface area contributed by atoms with Crippen LogP contribution in [0.3, 0.4) is 0 Å². The first kappa shape index (κ1) is 17.2. The van der Waals surface area contributed by atoms with Crippen molar-refractivity contribution in [3.8, 4) is 23.0 Å². The Kier molecular flexibility index (Phi) is 5.28. The lowest BCUT2D eigenvalue weighted by atomic mass is 10.2. The van der Waals surface area contributed by atoms with Crippen molar-refractivity contribution in [2.45, 2.75) is 0 Å². The zero-order valence-electron chi connectivity index (χ0n) is 13.8. The first-order valence-electron chi connectivity index (χ1n) is 7.74. The minimum Gasteiger partial charge on any atom is -0.478 e. The van der Waals surface area contributed by atoms with Crippen molar-refractivity contribution in [3.05, 3.63) is 60.2 Å². The van der Waals surface area contributed by atoms with Gasteiger partial charge in [-0.2, -0.15) is 0 Å². The maximum Gasteiger partial charge on any atom is 0.328 e. The normalized spacial score (nSPS) is 13.7. The highest BCUT2D eigenvalue weighted by Gasteiger charge is 2.12. The molecule has 0 saturated carbocycles. The Labute approximate surface area is 149 Å². The van der Waals surface area contributed by atoms with Crippen molar-refractivity contribution < 1.29 is 28.8 Å². The molecule has 0 atom stereocenters. The van der Waals surface area contributed by atoms with Gasteiger partial charge in [-0.15, -0.1) is 0 Å². The fourth-order valence-corrected chi connectivity index (χ4v) is 2.23. The van der Waals surface area contributed by atoms with Crippen LogP contribution < -0.4 is 24.7 Å². The minimum absolute atomic E-state index is 0.251. The van der Waals surface area contributed by atoms with Gasteiger partial charge >= 0.3 is 5.97 Å². The fraction of sp³-hybridized carbons (Fsp3) is 0.105. The molecule has 0 unspecified atom stereocenters. The summed E-state index contributed by atoms with van der Waals surface area (Å²) in [6.45, 7) is 0.556. The van der Waals surface area contributed by atoms with Crippen molar-refractivity contribution in [2.75, 3.05) is 19.3 Å². The molecule has 0 saturated heterocycles. The fourth-order valence-electron chi connectivity index (χ4n) is 2.23. The predicted octanol–water partition coefficient (Wildman–Crippen LogP) is 3.07. The van der Waals surface area contributed by atoms with Crippen LogP contribution in [-0.2, 0) is 4.79 Å². The Balaban J connectivity index is 0.000000167. The summed E-state index contributed by atoms with van der Waals surface area (Å²) in [5.41, 5.74) is 7.12. The number of rotatable bonds is 3. The van der Waals surface area contributed by atoms with E-state index in [2.05, 4.69) is 0 Å². The molecular weight excluding hydrogens is 338 g/mol. The van der Waals surface area contributed by atoms with E-state index in [1.54, 1.807) is 30.4 Å². The van der Waals surface area contributed by atoms with Gasteiger partial charge in [0.15, 0.2) is 23.0 Å². The molecule has 0 aromatic heterocycles. The number of carboxylic acid groups (broad SMARTS) is 1. The van der Waals surface area contributed by atoms with Crippen LogP contribution in [-0.4, -0.2) is 24.7 Å². The molecule has 2 aromatic rings. The molecule has 7 heteroatoms. The molecule has 4 rings (SSSR count). The number of ether oxygens (including phenoxy) is 4. The number of carboxylic acids is 1. The quantitative estimate of drug-likeness (QED) is 0.496. The smallest absolute Gasteiger partial charge is 0.328 e. The largest absolute Gasteiger partial charge is 0.478 e. The SMILES string of the molecule is Nc1ccc2c(c1)OCO2.O=C(O)C=CC=Cc1ccc2c(c1)OCO2. The monoisotopic (exact) mass is 355 g/mol. The van der Waals surface area contributed by atoms with Gasteiger partial charge in [-0.25, -0.2) is 4.79 Å². The second-order valence-electron chi connectivity index (χ2n) is 5.28. The van der Waals surface area contributed by atoms with Gasteiger partial charge in [-0.05, 0) is 29.8 Å². The van der Waals surface area contributed by atoms with Crippen LogP contribution >= 0.6 is 0 Å². The lowest BCUT2D eigenvalue weighted by Gasteiger charge is -1.96. The van der Waals surface area contributed by atoms with Gasteiger partial charge in [0.05, 0.1) is 0 Å². The highest BCUT2D eigenvalue weighted by atomic mass is 16.7. The number of carbonyl (C=O) groups is 1. The van der Waals surface area contributed by atoms with Crippen molar-refractivity contribution in [2.24, 2.45) is 0 Å². The van der Waals surface area contributed by atoms with E-state index in [4.69, 9.17) is 29.8 Å². The topological polar surface area (TPSA) is 100 Å². The number of hydrogen-bond donors (Lipinski definition) is 2. The Hall–Kier alpha value is -3.61. The first-order chi connectivity index (χ1) is 12.6. The van der Waals surface area contributed by atoms with Gasteiger partial charge in [0.25, 0.3) is 0 Å². The third-order valence-electron chi connectivity index (χ3n) is 3.43. The van der Waals surface area contributed by atoms with Crippen LogP contribution in [0, 0.1) is 0 Å². The molecular formula is C19H17NO6. The highest BCUT2D eigenvalue weighted by Crippen LogP contribution is 2.33. The van der Waals surface area contributed by atoms with Crippen molar-refractivity contribution in [3.63, 3.8) is 0 Å². The van der Waals surface area contributed by atoms with Crippen LogP contribution in [0.2, 0.25) is 0 Å². The van der Waals surface area contributed by atoms with Gasteiger partial charge in [0.2, 0.25) is 13.6 Å². The molecule has 7 nitrogen and oxygen atoms in total. The molecule has 26 heavy (non-hydrogen) atoms. The number of anilines is 1. The molecule has 0 bridgehead atoms. The van der Waals surface area contributed by atoms with Gasteiger partial charge in [-0.1, -0.05) is 24.3 Å². The second-order valence-corrected chi connectivity index (χ2v) is 5.28. The predicted molar refractivity (Wildman–Crippen MR) is 95.4 cm³/mol. The average molecular weight is 355 g/mol. The van der Waals surface area contributed by atoms with E-state index in [-0.39, 0.29) is 6.79 Å². The Morgan fingerprint density at radius 2 is 1.50 bits per heavy atom. The number of allylic oxidation sites excluding steroid dienone is 2. The molecule has 2 aromatic carbocycles. The van der Waals surface area contributed by atoms with Crippen LogP contribution in [0.1, 0.15) is 5.56 Å². The zero-order chi connectivity index (χ0) is 18.4. The summed E-state index contributed by atoms with van der Waals surface area (Å²) in [7, 11) is 0. The zero-order valence-corrected chi connectivity index (χ0v) is 13.8. The van der Waals surface area contributed by atoms with E-state index in [1.165, 1.54) is 6.08 Å². The third kappa shape index (κ3) is 4.47. The molecule has 0 spiro atoms. The molecule has 2 aliphatic rings. The Morgan fingerprint density at radius 3 is 2.19 bits per heavy atom.